The summed E-state index contributed by atoms with van der Waals surface area (Å²) in [6, 6.07) is 7.85. The summed E-state index contributed by atoms with van der Waals surface area (Å²) in [5, 5.41) is 7.57. The standard InChI is InChI=1S/C22H28N4O/c27-21(15-22-12-16-9-17(13-22)11-18(10-16)14-22)24-20-5-8-26(25-20)7-4-19-3-1-2-6-23-19/h1-3,5-6,8,16-18H,4,7,9-15H2,(H,24,25,27). The van der Waals surface area contributed by atoms with Crippen LogP contribution in [-0.2, 0) is 17.8 Å². The lowest BCUT2D eigenvalue weighted by molar-refractivity contribution is -0.124. The lowest BCUT2D eigenvalue weighted by Crippen LogP contribution is -2.47. The molecule has 27 heavy (non-hydrogen) atoms. The first-order chi connectivity index (χ1) is 13.2. The zero-order chi connectivity index (χ0) is 18.3. The molecular formula is C22H28N4O. The first-order valence-corrected chi connectivity index (χ1v) is 10.4. The van der Waals surface area contributed by atoms with E-state index in [1.807, 2.05) is 41.3 Å². The Kier molecular flexibility index (Phi) is 4.25. The van der Waals surface area contributed by atoms with Crippen LogP contribution in [-0.4, -0.2) is 20.7 Å². The highest BCUT2D eigenvalue weighted by molar-refractivity contribution is 5.90. The molecule has 0 radical (unpaired) electrons. The summed E-state index contributed by atoms with van der Waals surface area (Å²) in [5.41, 5.74) is 1.33. The molecule has 4 aliphatic carbocycles. The molecule has 0 aliphatic heterocycles. The summed E-state index contributed by atoms with van der Waals surface area (Å²) in [5.74, 6) is 3.47. The van der Waals surface area contributed by atoms with Crippen LogP contribution in [0.2, 0.25) is 0 Å². The molecule has 0 unspecified atom stereocenters. The number of rotatable bonds is 6. The van der Waals surface area contributed by atoms with E-state index in [0.29, 0.717) is 12.2 Å². The molecule has 4 aliphatic rings. The third kappa shape index (κ3) is 3.64. The van der Waals surface area contributed by atoms with Gasteiger partial charge in [-0.05, 0) is 73.8 Å². The van der Waals surface area contributed by atoms with Crippen molar-refractivity contribution in [2.75, 3.05) is 5.32 Å². The number of hydrogen-bond acceptors (Lipinski definition) is 3. The molecule has 5 nitrogen and oxygen atoms in total. The molecule has 0 saturated heterocycles. The van der Waals surface area contributed by atoms with Gasteiger partial charge in [0.25, 0.3) is 0 Å². The fourth-order valence-electron chi connectivity index (χ4n) is 6.36. The molecule has 4 fully saturated rings. The van der Waals surface area contributed by atoms with Crippen LogP contribution >= 0.6 is 0 Å². The highest BCUT2D eigenvalue weighted by atomic mass is 16.1. The molecule has 0 atom stereocenters. The summed E-state index contributed by atoms with van der Waals surface area (Å²) in [6.45, 7) is 0.766. The SMILES string of the molecule is O=C(CC12CC3CC(CC(C3)C1)C2)Nc1ccn(CCc2ccccn2)n1. The van der Waals surface area contributed by atoms with E-state index in [1.165, 1.54) is 38.5 Å². The molecule has 1 amide bonds. The summed E-state index contributed by atoms with van der Waals surface area (Å²) in [6.07, 6.45) is 13.3. The van der Waals surface area contributed by atoms with Gasteiger partial charge in [0.1, 0.15) is 0 Å². The topological polar surface area (TPSA) is 59.8 Å². The minimum absolute atomic E-state index is 0.145. The van der Waals surface area contributed by atoms with E-state index in [4.69, 9.17) is 0 Å². The Balaban J connectivity index is 1.17. The van der Waals surface area contributed by atoms with Crippen LogP contribution in [0.1, 0.15) is 50.6 Å². The summed E-state index contributed by atoms with van der Waals surface area (Å²) in [7, 11) is 0. The van der Waals surface area contributed by atoms with Crippen LogP contribution in [0.15, 0.2) is 36.7 Å². The largest absolute Gasteiger partial charge is 0.309 e. The van der Waals surface area contributed by atoms with Gasteiger partial charge in [-0.1, -0.05) is 6.07 Å². The van der Waals surface area contributed by atoms with Gasteiger partial charge in [-0.25, -0.2) is 0 Å². The molecule has 0 spiro atoms. The predicted octanol–water partition coefficient (Wildman–Crippen LogP) is 4.07. The molecule has 1 N–H and O–H groups in total. The molecular weight excluding hydrogens is 336 g/mol. The Morgan fingerprint density at radius 2 is 1.85 bits per heavy atom. The summed E-state index contributed by atoms with van der Waals surface area (Å²) in [4.78, 5) is 17.1. The number of hydrogen-bond donors (Lipinski definition) is 1. The summed E-state index contributed by atoms with van der Waals surface area (Å²) < 4.78 is 1.88. The van der Waals surface area contributed by atoms with Crippen LogP contribution in [0.25, 0.3) is 0 Å². The lowest BCUT2D eigenvalue weighted by Gasteiger charge is -2.56. The minimum Gasteiger partial charge on any atom is -0.309 e. The van der Waals surface area contributed by atoms with Gasteiger partial charge in [0, 0.05) is 43.5 Å². The molecule has 4 bridgehead atoms. The van der Waals surface area contributed by atoms with Crippen molar-refractivity contribution in [1.82, 2.24) is 14.8 Å². The lowest BCUT2D eigenvalue weighted by atomic mass is 9.49. The van der Waals surface area contributed by atoms with E-state index < -0.39 is 0 Å². The normalized spacial score (nSPS) is 31.2. The first kappa shape index (κ1) is 17.0. The van der Waals surface area contributed by atoms with Gasteiger partial charge in [-0.2, -0.15) is 5.10 Å². The van der Waals surface area contributed by atoms with E-state index in [-0.39, 0.29) is 11.3 Å². The molecule has 4 saturated carbocycles. The second-order valence-corrected chi connectivity index (χ2v) is 9.18. The Morgan fingerprint density at radius 3 is 2.52 bits per heavy atom. The van der Waals surface area contributed by atoms with Crippen LogP contribution in [0.4, 0.5) is 5.82 Å². The zero-order valence-corrected chi connectivity index (χ0v) is 15.8. The van der Waals surface area contributed by atoms with Crippen LogP contribution < -0.4 is 5.32 Å². The Labute approximate surface area is 160 Å². The van der Waals surface area contributed by atoms with Crippen molar-refractivity contribution in [3.8, 4) is 0 Å². The third-order valence-corrected chi connectivity index (χ3v) is 6.93. The quantitative estimate of drug-likeness (QED) is 0.841. The number of anilines is 1. The van der Waals surface area contributed by atoms with Crippen molar-refractivity contribution in [2.24, 2.45) is 23.2 Å². The van der Waals surface area contributed by atoms with Crippen molar-refractivity contribution < 1.29 is 4.79 Å². The average Bonchev–Trinajstić information content (AvgIpc) is 3.06. The highest BCUT2D eigenvalue weighted by Gasteiger charge is 2.51. The van der Waals surface area contributed by atoms with Crippen molar-refractivity contribution in [3.05, 3.63) is 42.4 Å². The molecule has 0 aromatic carbocycles. The minimum atomic E-state index is 0.145. The van der Waals surface area contributed by atoms with Crippen molar-refractivity contribution in [3.63, 3.8) is 0 Å². The Morgan fingerprint density at radius 1 is 1.11 bits per heavy atom. The molecule has 6 rings (SSSR count). The molecule has 2 aromatic rings. The number of pyridine rings is 1. The number of nitrogens with zero attached hydrogens (tertiary/aromatic N) is 3. The Hall–Kier alpha value is -2.17. The third-order valence-electron chi connectivity index (χ3n) is 6.93. The number of nitrogens with one attached hydrogen (secondary N) is 1. The number of aryl methyl sites for hydroxylation is 2. The van der Waals surface area contributed by atoms with E-state index in [2.05, 4.69) is 15.4 Å². The maximum atomic E-state index is 12.7. The number of carbonyl (C=O) groups excluding carboxylic acids is 1. The molecule has 142 valence electrons. The smallest absolute Gasteiger partial charge is 0.226 e. The number of aromatic nitrogens is 3. The van der Waals surface area contributed by atoms with Crippen molar-refractivity contribution >= 4 is 11.7 Å². The maximum absolute atomic E-state index is 12.7. The van der Waals surface area contributed by atoms with Crippen molar-refractivity contribution in [1.29, 1.82) is 0 Å². The fraction of sp³-hybridized carbons (Fsp3) is 0.591. The van der Waals surface area contributed by atoms with Gasteiger partial charge < -0.3 is 5.32 Å². The number of carbonyl (C=O) groups is 1. The van der Waals surface area contributed by atoms with Gasteiger partial charge in [0.05, 0.1) is 0 Å². The second kappa shape index (κ2) is 6.77. The average molecular weight is 364 g/mol. The molecule has 5 heteroatoms. The van der Waals surface area contributed by atoms with Gasteiger partial charge in [0.15, 0.2) is 5.82 Å². The van der Waals surface area contributed by atoms with E-state index in [1.54, 1.807) is 0 Å². The van der Waals surface area contributed by atoms with E-state index >= 15 is 0 Å². The van der Waals surface area contributed by atoms with Crippen LogP contribution in [0, 0.1) is 23.2 Å². The van der Waals surface area contributed by atoms with Gasteiger partial charge in [-0.15, -0.1) is 0 Å². The highest BCUT2D eigenvalue weighted by Crippen LogP contribution is 2.61. The molecule has 2 heterocycles. The van der Waals surface area contributed by atoms with E-state index in [0.717, 1.165) is 36.4 Å². The zero-order valence-electron chi connectivity index (χ0n) is 15.8. The maximum Gasteiger partial charge on any atom is 0.226 e. The van der Waals surface area contributed by atoms with Crippen LogP contribution in [0.3, 0.4) is 0 Å². The fourth-order valence-corrected chi connectivity index (χ4v) is 6.36. The van der Waals surface area contributed by atoms with Gasteiger partial charge in [0.2, 0.25) is 5.91 Å². The second-order valence-electron chi connectivity index (χ2n) is 9.18. The number of amides is 1. The van der Waals surface area contributed by atoms with Gasteiger partial charge >= 0.3 is 0 Å². The monoisotopic (exact) mass is 364 g/mol. The van der Waals surface area contributed by atoms with E-state index in [9.17, 15) is 4.79 Å². The molecule has 2 aromatic heterocycles. The first-order valence-electron chi connectivity index (χ1n) is 10.4. The van der Waals surface area contributed by atoms with Gasteiger partial charge in [-0.3, -0.25) is 14.5 Å². The predicted molar refractivity (Wildman–Crippen MR) is 104 cm³/mol. The Bertz CT molecular complexity index is 777. The van der Waals surface area contributed by atoms with Crippen LogP contribution in [0.5, 0.6) is 0 Å². The summed E-state index contributed by atoms with van der Waals surface area (Å²) >= 11 is 0. The van der Waals surface area contributed by atoms with Crippen molar-refractivity contribution in [2.45, 2.75) is 57.9 Å².